The van der Waals surface area contributed by atoms with Crippen molar-refractivity contribution in [3.63, 3.8) is 0 Å². The zero-order valence-corrected chi connectivity index (χ0v) is 29.7. The van der Waals surface area contributed by atoms with E-state index in [2.05, 4.69) is 9.80 Å². The highest BCUT2D eigenvalue weighted by atomic mass is 16.4. The van der Waals surface area contributed by atoms with Gasteiger partial charge in [-0.2, -0.15) is 21.0 Å². The van der Waals surface area contributed by atoms with Crippen molar-refractivity contribution in [1.29, 1.82) is 21.0 Å². The lowest BCUT2D eigenvalue weighted by molar-refractivity contribution is 0.529. The van der Waals surface area contributed by atoms with E-state index in [1.807, 2.05) is 194 Å². The molecule has 8 nitrogen and oxygen atoms in total. The van der Waals surface area contributed by atoms with Crippen molar-refractivity contribution in [2.75, 3.05) is 9.80 Å². The Morgan fingerprint density at radius 2 is 0.589 bits per heavy atom. The third-order valence-electron chi connectivity index (χ3n) is 9.30. The van der Waals surface area contributed by atoms with Crippen molar-refractivity contribution < 1.29 is 8.83 Å². The van der Waals surface area contributed by atoms with E-state index in [-0.39, 0.29) is 33.5 Å². The van der Waals surface area contributed by atoms with E-state index in [1.54, 1.807) is 0 Å². The highest BCUT2D eigenvalue weighted by molar-refractivity contribution is 6.05. The van der Waals surface area contributed by atoms with Crippen LogP contribution in [0.1, 0.15) is 0 Å². The summed E-state index contributed by atoms with van der Waals surface area (Å²) in [6, 6.07) is 62.9. The van der Waals surface area contributed by atoms with E-state index in [1.165, 1.54) is 0 Å². The maximum Gasteiger partial charge on any atom is 0.172 e. The van der Waals surface area contributed by atoms with Gasteiger partial charge in [-0.15, -0.1) is 0 Å². The van der Waals surface area contributed by atoms with Crippen molar-refractivity contribution in [2.45, 2.75) is 0 Å². The van der Waals surface area contributed by atoms with Crippen LogP contribution in [0.3, 0.4) is 0 Å². The third kappa shape index (κ3) is 6.29. The van der Waals surface area contributed by atoms with E-state index >= 15 is 0 Å². The number of furan rings is 2. The van der Waals surface area contributed by atoms with Crippen LogP contribution in [0, 0.1) is 45.3 Å². The molecule has 2 aromatic heterocycles. The molecule has 0 aliphatic carbocycles. The number of anilines is 6. The number of hydrogen-bond donors (Lipinski definition) is 0. The van der Waals surface area contributed by atoms with Crippen molar-refractivity contribution in [1.82, 2.24) is 0 Å². The van der Waals surface area contributed by atoms with Crippen LogP contribution < -0.4 is 20.6 Å². The molecule has 0 bridgehead atoms. The first-order valence-corrected chi connectivity index (χ1v) is 17.6. The number of para-hydroxylation sites is 4. The predicted molar refractivity (Wildman–Crippen MR) is 217 cm³/mol. The Hall–Kier alpha value is -8.56. The molecular weight excluding hydrogens is 693 g/mol. The maximum absolute atomic E-state index is 10.1. The quantitative estimate of drug-likeness (QED) is 0.152. The molecule has 2 heterocycles. The van der Waals surface area contributed by atoms with E-state index in [0.717, 1.165) is 34.1 Å². The normalized spacial score (nSPS) is 10.4. The fraction of sp³-hybridized carbons (Fsp3) is 0. The zero-order valence-electron chi connectivity index (χ0n) is 29.7. The number of hydrogen-bond acceptors (Lipinski definition) is 8. The summed E-state index contributed by atoms with van der Waals surface area (Å²) in [4.78, 5) is 4.23. The molecule has 0 radical (unpaired) electrons. The van der Waals surface area contributed by atoms with Crippen LogP contribution >= 0.6 is 0 Å². The summed E-state index contributed by atoms with van der Waals surface area (Å²) in [6.07, 6.45) is 0. The first kappa shape index (κ1) is 34.5. The summed E-state index contributed by atoms with van der Waals surface area (Å²) >= 11 is 0. The Bertz CT molecular complexity index is 2660. The minimum Gasteiger partial charge on any atom is -0.453 e. The Morgan fingerprint density at radius 1 is 0.339 bits per heavy atom. The Kier molecular flexibility index (Phi) is 9.37. The standard InChI is InChI=1S/C48H28N6O2/c49-29-35(30-50)47-43-44(46(56-47)34-23-27-42(28-24-34)54(39-17-9-3-10-18-39)40-19-11-4-12-20-40)48(36(31-51)32-52)55-45(43)33-21-25-41(26-22-33)53(37-13-5-1-6-14-37)38-15-7-2-8-16-38/h1-28H. The van der Waals surface area contributed by atoms with Crippen LogP contribution in [0.2, 0.25) is 0 Å². The molecule has 0 aliphatic rings. The lowest BCUT2D eigenvalue weighted by atomic mass is 10.0. The van der Waals surface area contributed by atoms with Gasteiger partial charge >= 0.3 is 0 Å². The monoisotopic (exact) mass is 720 g/mol. The van der Waals surface area contributed by atoms with Crippen LogP contribution in [0.25, 0.3) is 44.6 Å². The number of nitrogens with zero attached hydrogens (tertiary/aromatic N) is 6. The second kappa shape index (κ2) is 15.2. The molecule has 0 atom stereocenters. The summed E-state index contributed by atoms with van der Waals surface area (Å²) < 4.78 is 12.9. The van der Waals surface area contributed by atoms with Crippen molar-refractivity contribution in [2.24, 2.45) is 0 Å². The van der Waals surface area contributed by atoms with Gasteiger partial charge in [0, 0.05) is 45.3 Å². The first-order valence-electron chi connectivity index (χ1n) is 17.6. The molecule has 8 aromatic rings. The number of fused-ring (bicyclic) bond motifs is 1. The second-order valence-electron chi connectivity index (χ2n) is 12.6. The smallest absolute Gasteiger partial charge is 0.172 e. The summed E-state index contributed by atoms with van der Waals surface area (Å²) in [7, 11) is 0. The molecule has 0 amide bonds. The highest BCUT2D eigenvalue weighted by Gasteiger charge is 2.26. The van der Waals surface area contributed by atoms with E-state index in [9.17, 15) is 21.0 Å². The lowest BCUT2D eigenvalue weighted by Gasteiger charge is -2.25. The van der Waals surface area contributed by atoms with E-state index in [4.69, 9.17) is 8.83 Å². The molecule has 0 aliphatic heterocycles. The predicted octanol–water partition coefficient (Wildman–Crippen LogP) is 10.7. The molecular formula is C48H28N6O2. The topological polar surface area (TPSA) is 128 Å². The van der Waals surface area contributed by atoms with Crippen LogP contribution in [-0.2, 0) is 0 Å². The number of rotatable bonds is 8. The molecule has 8 rings (SSSR count). The second-order valence-corrected chi connectivity index (χ2v) is 12.6. The fourth-order valence-electron chi connectivity index (χ4n) is 6.81. The fourth-order valence-corrected chi connectivity index (χ4v) is 6.81. The van der Waals surface area contributed by atoms with Gasteiger partial charge in [0.2, 0.25) is 0 Å². The van der Waals surface area contributed by atoms with Gasteiger partial charge in [0.05, 0.1) is 10.8 Å². The van der Waals surface area contributed by atoms with Crippen LogP contribution in [0.5, 0.6) is 0 Å². The van der Waals surface area contributed by atoms with Crippen LogP contribution in [-0.4, -0.2) is 0 Å². The van der Waals surface area contributed by atoms with Gasteiger partial charge in [-0.3, -0.25) is 0 Å². The van der Waals surface area contributed by atoms with Gasteiger partial charge in [-0.25, -0.2) is 0 Å². The maximum atomic E-state index is 10.1. The molecule has 6 aromatic carbocycles. The molecule has 0 saturated heterocycles. The first-order chi connectivity index (χ1) is 27.6. The van der Waals surface area contributed by atoms with Crippen LogP contribution in [0.4, 0.5) is 34.1 Å². The van der Waals surface area contributed by atoms with E-state index < -0.39 is 0 Å². The molecule has 0 N–H and O–H groups in total. The largest absolute Gasteiger partial charge is 0.453 e. The molecule has 0 saturated carbocycles. The SMILES string of the molecule is N#CC(C#N)=c1oc(-c2ccc(N(c3ccccc3)c3ccccc3)cc2)c2c(=C(C#N)C#N)oc(-c3ccc(N(c4ccccc4)c4ccccc4)cc3)c12. The van der Waals surface area contributed by atoms with Gasteiger partial charge in [-0.1, -0.05) is 72.8 Å². The molecule has 0 fully saturated rings. The van der Waals surface area contributed by atoms with Crippen molar-refractivity contribution in [3.05, 3.63) is 181 Å². The third-order valence-corrected chi connectivity index (χ3v) is 9.30. The Balaban J connectivity index is 1.31. The van der Waals surface area contributed by atoms with Gasteiger partial charge < -0.3 is 18.6 Å². The average molecular weight is 721 g/mol. The number of nitriles is 4. The summed E-state index contributed by atoms with van der Waals surface area (Å²) in [6.45, 7) is 0. The summed E-state index contributed by atoms with van der Waals surface area (Å²) in [5.41, 5.74) is 6.15. The summed E-state index contributed by atoms with van der Waals surface area (Å²) in [5.74, 6) is 0.499. The van der Waals surface area contributed by atoms with E-state index in [0.29, 0.717) is 21.9 Å². The molecule has 56 heavy (non-hydrogen) atoms. The van der Waals surface area contributed by atoms with Crippen molar-refractivity contribution >= 4 is 56.0 Å². The molecule has 8 heteroatoms. The average Bonchev–Trinajstić information content (AvgIpc) is 3.84. The van der Waals surface area contributed by atoms with Crippen LogP contribution in [0.15, 0.2) is 179 Å². The summed E-state index contributed by atoms with van der Waals surface area (Å²) in [5, 5.41) is 41.0. The Morgan fingerprint density at radius 3 is 0.839 bits per heavy atom. The number of benzene rings is 6. The molecule has 0 unspecified atom stereocenters. The highest BCUT2D eigenvalue weighted by Crippen LogP contribution is 2.40. The van der Waals surface area contributed by atoms with Gasteiger partial charge in [-0.05, 0) is 97.1 Å². The zero-order chi connectivity index (χ0) is 38.4. The van der Waals surface area contributed by atoms with Gasteiger partial charge in [0.1, 0.15) is 35.8 Å². The van der Waals surface area contributed by atoms with Gasteiger partial charge in [0.25, 0.3) is 0 Å². The minimum atomic E-state index is -0.280. The molecule has 0 spiro atoms. The Labute approximate surface area is 322 Å². The van der Waals surface area contributed by atoms with Crippen molar-refractivity contribution in [3.8, 4) is 46.9 Å². The minimum absolute atomic E-state index is 0.0150. The van der Waals surface area contributed by atoms with Gasteiger partial charge in [0.15, 0.2) is 22.0 Å². The lowest BCUT2D eigenvalue weighted by Crippen LogP contribution is -2.09. The molecule has 262 valence electrons.